The second-order valence-electron chi connectivity index (χ2n) is 3.90. The summed E-state index contributed by atoms with van der Waals surface area (Å²) in [6.07, 6.45) is 0. The van der Waals surface area contributed by atoms with Gasteiger partial charge in [0.2, 0.25) is 0 Å². The minimum absolute atomic E-state index is 0.288. The van der Waals surface area contributed by atoms with Gasteiger partial charge < -0.3 is 5.11 Å². The van der Waals surface area contributed by atoms with Gasteiger partial charge in [0.15, 0.2) is 0 Å². The molecule has 86 valence electrons. The number of hydrogen-bond acceptors (Lipinski definition) is 1. The molecule has 0 aliphatic rings. The lowest BCUT2D eigenvalue weighted by atomic mass is 10.0. The molecule has 0 spiro atoms. The molecule has 0 bridgehead atoms. The molecule has 0 atom stereocenters. The van der Waals surface area contributed by atoms with Gasteiger partial charge >= 0.3 is 5.97 Å². The van der Waals surface area contributed by atoms with Gasteiger partial charge in [0, 0.05) is 4.47 Å². The quantitative estimate of drug-likeness (QED) is 0.903. The van der Waals surface area contributed by atoms with Crippen LogP contribution in [-0.4, -0.2) is 11.1 Å². The predicted octanol–water partition coefficient (Wildman–Crippen LogP) is 4.12. The van der Waals surface area contributed by atoms with Gasteiger partial charge in [-0.15, -0.1) is 0 Å². The zero-order chi connectivity index (χ0) is 12.4. The topological polar surface area (TPSA) is 37.3 Å². The van der Waals surface area contributed by atoms with Gasteiger partial charge in [0.25, 0.3) is 0 Å². The summed E-state index contributed by atoms with van der Waals surface area (Å²) in [6, 6.07) is 13.2. The van der Waals surface area contributed by atoms with Gasteiger partial charge in [-0.25, -0.2) is 4.79 Å². The lowest BCUT2D eigenvalue weighted by Gasteiger charge is -2.05. The highest BCUT2D eigenvalue weighted by Crippen LogP contribution is 2.25. The minimum atomic E-state index is -0.916. The molecule has 0 heterocycles. The smallest absolute Gasteiger partial charge is 0.335 e. The number of carboxylic acids is 1. The highest BCUT2D eigenvalue weighted by Gasteiger charge is 2.07. The van der Waals surface area contributed by atoms with E-state index < -0.39 is 5.97 Å². The van der Waals surface area contributed by atoms with Crippen LogP contribution < -0.4 is 0 Å². The van der Waals surface area contributed by atoms with Crippen molar-refractivity contribution in [1.82, 2.24) is 0 Å². The molecule has 1 N–H and O–H groups in total. The van der Waals surface area contributed by atoms with E-state index in [1.165, 1.54) is 0 Å². The summed E-state index contributed by atoms with van der Waals surface area (Å²) in [5.41, 5.74) is 3.37. The second-order valence-corrected chi connectivity index (χ2v) is 4.82. The molecule has 0 radical (unpaired) electrons. The Morgan fingerprint density at radius 2 is 1.88 bits per heavy atom. The van der Waals surface area contributed by atoms with Crippen molar-refractivity contribution >= 4 is 21.9 Å². The SMILES string of the molecule is Cc1cccc(-c2cc(Br)cc(C(=O)O)c2)c1. The van der Waals surface area contributed by atoms with E-state index >= 15 is 0 Å². The Kier molecular flexibility index (Phi) is 3.29. The minimum Gasteiger partial charge on any atom is -0.478 e. The predicted molar refractivity (Wildman–Crippen MR) is 71.3 cm³/mol. The van der Waals surface area contributed by atoms with E-state index in [0.29, 0.717) is 0 Å². The average molecular weight is 291 g/mol. The summed E-state index contributed by atoms with van der Waals surface area (Å²) < 4.78 is 0.772. The van der Waals surface area contributed by atoms with E-state index in [1.807, 2.05) is 37.3 Å². The fourth-order valence-electron chi connectivity index (χ4n) is 1.70. The standard InChI is InChI=1S/C14H11BrO2/c1-9-3-2-4-10(5-9)11-6-12(14(16)17)8-13(15)7-11/h2-8H,1H3,(H,16,17). The number of aromatic carboxylic acids is 1. The largest absolute Gasteiger partial charge is 0.478 e. The Morgan fingerprint density at radius 1 is 1.12 bits per heavy atom. The van der Waals surface area contributed by atoms with E-state index in [-0.39, 0.29) is 5.56 Å². The van der Waals surface area contributed by atoms with E-state index in [4.69, 9.17) is 5.11 Å². The maximum atomic E-state index is 11.0. The van der Waals surface area contributed by atoms with Crippen LogP contribution in [-0.2, 0) is 0 Å². The Bertz CT molecular complexity index is 576. The van der Waals surface area contributed by atoms with Crippen molar-refractivity contribution < 1.29 is 9.90 Å². The third-order valence-electron chi connectivity index (χ3n) is 2.50. The van der Waals surface area contributed by atoms with Gasteiger partial charge in [0.05, 0.1) is 5.56 Å². The monoisotopic (exact) mass is 290 g/mol. The van der Waals surface area contributed by atoms with Crippen molar-refractivity contribution in [2.24, 2.45) is 0 Å². The molecular weight excluding hydrogens is 280 g/mol. The summed E-state index contributed by atoms with van der Waals surface area (Å²) in [4.78, 5) is 11.0. The van der Waals surface area contributed by atoms with Crippen LogP contribution in [0.3, 0.4) is 0 Å². The lowest BCUT2D eigenvalue weighted by Crippen LogP contribution is -1.96. The van der Waals surface area contributed by atoms with Crippen molar-refractivity contribution in [3.8, 4) is 11.1 Å². The molecule has 0 fully saturated rings. The fourth-order valence-corrected chi connectivity index (χ4v) is 2.20. The number of aryl methyl sites for hydroxylation is 1. The summed E-state index contributed by atoms with van der Waals surface area (Å²) in [5, 5.41) is 9.01. The third kappa shape index (κ3) is 2.74. The van der Waals surface area contributed by atoms with Crippen molar-refractivity contribution in [3.05, 3.63) is 58.1 Å². The van der Waals surface area contributed by atoms with Crippen LogP contribution in [0.25, 0.3) is 11.1 Å². The molecule has 2 rings (SSSR count). The molecule has 0 unspecified atom stereocenters. The Hall–Kier alpha value is -1.61. The van der Waals surface area contributed by atoms with E-state index in [0.717, 1.165) is 21.2 Å². The first-order valence-corrected chi connectivity index (χ1v) is 5.96. The van der Waals surface area contributed by atoms with E-state index in [9.17, 15) is 4.79 Å². The van der Waals surface area contributed by atoms with Crippen molar-refractivity contribution in [2.75, 3.05) is 0 Å². The van der Waals surface area contributed by atoms with Crippen LogP contribution in [0, 0.1) is 6.92 Å². The normalized spacial score (nSPS) is 10.2. The highest BCUT2D eigenvalue weighted by molar-refractivity contribution is 9.10. The van der Waals surface area contributed by atoms with E-state index in [1.54, 1.807) is 12.1 Å². The van der Waals surface area contributed by atoms with Gasteiger partial charge in [0.1, 0.15) is 0 Å². The molecule has 0 aliphatic carbocycles. The van der Waals surface area contributed by atoms with Crippen LogP contribution in [0.15, 0.2) is 46.9 Å². The number of carboxylic acid groups (broad SMARTS) is 1. The Balaban J connectivity index is 2.56. The molecular formula is C14H11BrO2. The number of carbonyl (C=O) groups is 1. The highest BCUT2D eigenvalue weighted by atomic mass is 79.9. The first kappa shape index (κ1) is 11.9. The number of halogens is 1. The van der Waals surface area contributed by atoms with Gasteiger partial charge in [-0.05, 0) is 36.2 Å². The van der Waals surface area contributed by atoms with Crippen LogP contribution in [0.5, 0.6) is 0 Å². The summed E-state index contributed by atoms with van der Waals surface area (Å²) >= 11 is 3.33. The van der Waals surface area contributed by atoms with Crippen molar-refractivity contribution in [1.29, 1.82) is 0 Å². The van der Waals surface area contributed by atoms with E-state index in [2.05, 4.69) is 15.9 Å². The maximum absolute atomic E-state index is 11.0. The van der Waals surface area contributed by atoms with Crippen LogP contribution in [0.2, 0.25) is 0 Å². The molecule has 2 aromatic rings. The molecule has 0 amide bonds. The molecule has 2 nitrogen and oxygen atoms in total. The van der Waals surface area contributed by atoms with Crippen LogP contribution in [0.1, 0.15) is 15.9 Å². The Morgan fingerprint density at radius 3 is 2.53 bits per heavy atom. The molecule has 17 heavy (non-hydrogen) atoms. The average Bonchev–Trinajstić information content (AvgIpc) is 2.28. The molecule has 0 aromatic heterocycles. The maximum Gasteiger partial charge on any atom is 0.335 e. The van der Waals surface area contributed by atoms with Crippen LogP contribution >= 0.6 is 15.9 Å². The molecule has 0 saturated carbocycles. The first-order valence-electron chi connectivity index (χ1n) is 5.17. The van der Waals surface area contributed by atoms with Gasteiger partial charge in [-0.1, -0.05) is 45.8 Å². The molecule has 3 heteroatoms. The summed E-state index contributed by atoms with van der Waals surface area (Å²) in [6.45, 7) is 2.01. The molecule has 0 saturated heterocycles. The number of rotatable bonds is 2. The zero-order valence-electron chi connectivity index (χ0n) is 9.27. The second kappa shape index (κ2) is 4.72. The van der Waals surface area contributed by atoms with Crippen molar-refractivity contribution in [2.45, 2.75) is 6.92 Å². The van der Waals surface area contributed by atoms with Crippen molar-refractivity contribution in [3.63, 3.8) is 0 Å². The fraction of sp³-hybridized carbons (Fsp3) is 0.0714. The lowest BCUT2D eigenvalue weighted by molar-refractivity contribution is 0.0697. The van der Waals surface area contributed by atoms with Gasteiger partial charge in [-0.3, -0.25) is 0 Å². The summed E-state index contributed by atoms with van der Waals surface area (Å²) in [7, 11) is 0. The van der Waals surface area contributed by atoms with Crippen LogP contribution in [0.4, 0.5) is 0 Å². The zero-order valence-corrected chi connectivity index (χ0v) is 10.9. The molecule has 0 aliphatic heterocycles. The third-order valence-corrected chi connectivity index (χ3v) is 2.95. The number of benzene rings is 2. The number of hydrogen-bond donors (Lipinski definition) is 1. The summed E-state index contributed by atoms with van der Waals surface area (Å²) in [5.74, 6) is -0.916. The Labute approximate surface area is 108 Å². The molecule has 2 aromatic carbocycles. The van der Waals surface area contributed by atoms with Gasteiger partial charge in [-0.2, -0.15) is 0 Å². The first-order chi connectivity index (χ1) is 8.06.